The molecular formula is C10H10. The number of hydrogen-bond acceptors (Lipinski definition) is 0. The van der Waals surface area contributed by atoms with Crippen LogP contribution in [0.5, 0.6) is 0 Å². The monoisotopic (exact) mass is 130 g/mol. The summed E-state index contributed by atoms with van der Waals surface area (Å²) in [5.74, 6) is 0. The van der Waals surface area contributed by atoms with Crippen LogP contribution in [0.25, 0.3) is 0 Å². The Morgan fingerprint density at radius 2 is 2.30 bits per heavy atom. The molecule has 1 aliphatic carbocycles. The zero-order valence-electron chi connectivity index (χ0n) is 5.93. The molecular weight excluding hydrogens is 120 g/mol. The lowest BCUT2D eigenvalue weighted by atomic mass is 9.92. The molecule has 0 bridgehead atoms. The quantitative estimate of drug-likeness (QED) is 0.505. The molecule has 0 fully saturated rings. The minimum atomic E-state index is 1.16. The summed E-state index contributed by atoms with van der Waals surface area (Å²) in [6.07, 6.45) is 5.96. The summed E-state index contributed by atoms with van der Waals surface area (Å²) >= 11 is 0. The Labute approximate surface area is 61.9 Å². The molecule has 10 heavy (non-hydrogen) atoms. The first kappa shape index (κ1) is 5.96. The number of hydrogen-bond donors (Lipinski definition) is 0. The average molecular weight is 130 g/mol. The minimum Gasteiger partial charge on any atom is -0.0581 e. The van der Waals surface area contributed by atoms with Gasteiger partial charge < -0.3 is 0 Å². The molecule has 2 rings (SSSR count). The third-order valence-electron chi connectivity index (χ3n) is 2.03. The van der Waals surface area contributed by atoms with Gasteiger partial charge in [-0.05, 0) is 42.9 Å². The third kappa shape index (κ3) is 0.942. The molecule has 1 aromatic carbocycles. The van der Waals surface area contributed by atoms with Gasteiger partial charge in [-0.25, -0.2) is 0 Å². The van der Waals surface area contributed by atoms with Crippen LogP contribution < -0.4 is 0 Å². The summed E-state index contributed by atoms with van der Waals surface area (Å²) in [7, 11) is 0. The molecule has 0 heteroatoms. The van der Waals surface area contributed by atoms with Crippen LogP contribution in [0.2, 0.25) is 0 Å². The summed E-state index contributed by atoms with van der Waals surface area (Å²) in [6, 6.07) is 9.39. The van der Waals surface area contributed by atoms with E-state index in [0.717, 1.165) is 6.42 Å². The van der Waals surface area contributed by atoms with Crippen LogP contribution in [0.15, 0.2) is 18.2 Å². The fourth-order valence-electron chi connectivity index (χ4n) is 1.44. The van der Waals surface area contributed by atoms with E-state index in [0.29, 0.717) is 0 Å². The van der Waals surface area contributed by atoms with E-state index in [9.17, 15) is 0 Å². The van der Waals surface area contributed by atoms with Gasteiger partial charge in [0.05, 0.1) is 0 Å². The summed E-state index contributed by atoms with van der Waals surface area (Å²) in [6.45, 7) is 0. The van der Waals surface area contributed by atoms with Gasteiger partial charge in [0, 0.05) is 0 Å². The number of benzene rings is 1. The molecule has 0 saturated carbocycles. The summed E-state index contributed by atoms with van der Waals surface area (Å²) < 4.78 is 0. The lowest BCUT2D eigenvalue weighted by molar-refractivity contribution is 0.829. The van der Waals surface area contributed by atoms with Crippen molar-refractivity contribution >= 4 is 0 Å². The van der Waals surface area contributed by atoms with Gasteiger partial charge in [-0.15, -0.1) is 0 Å². The Kier molecular flexibility index (Phi) is 1.46. The Balaban J connectivity index is 2.41. The standard InChI is InChI=1S/C10H10/c1-2-6-10-8-4-3-7-9(10)5-1/h1,3,7-8H,2,5-6H2. The van der Waals surface area contributed by atoms with Crippen molar-refractivity contribution in [2.45, 2.75) is 19.3 Å². The van der Waals surface area contributed by atoms with Gasteiger partial charge in [-0.2, -0.15) is 0 Å². The van der Waals surface area contributed by atoms with Crippen molar-refractivity contribution in [1.29, 1.82) is 0 Å². The van der Waals surface area contributed by atoms with Crippen molar-refractivity contribution in [3.63, 3.8) is 0 Å². The zero-order valence-corrected chi connectivity index (χ0v) is 5.93. The Bertz CT molecular complexity index is 200. The maximum absolute atomic E-state index is 3.11. The molecule has 0 aromatic heterocycles. The average Bonchev–Trinajstić information content (AvgIpc) is 2.05. The highest BCUT2D eigenvalue weighted by atomic mass is 14.1. The van der Waals surface area contributed by atoms with Crippen molar-refractivity contribution in [2.24, 2.45) is 0 Å². The normalized spacial score (nSPS) is 16.4. The highest BCUT2D eigenvalue weighted by Gasteiger charge is 2.06. The first-order valence-corrected chi connectivity index (χ1v) is 3.76. The van der Waals surface area contributed by atoms with Crippen molar-refractivity contribution < 1.29 is 0 Å². The topological polar surface area (TPSA) is 0 Å². The van der Waals surface area contributed by atoms with Crippen LogP contribution in [0.1, 0.15) is 17.5 Å². The van der Waals surface area contributed by atoms with E-state index in [2.05, 4.69) is 24.6 Å². The van der Waals surface area contributed by atoms with Crippen molar-refractivity contribution in [1.82, 2.24) is 0 Å². The predicted molar refractivity (Wildman–Crippen MR) is 41.6 cm³/mol. The lowest BCUT2D eigenvalue weighted by Crippen LogP contribution is -2.01. The number of rotatable bonds is 0. The number of fused-ring (bicyclic) bond motifs is 1. The Morgan fingerprint density at radius 1 is 1.30 bits per heavy atom. The predicted octanol–water partition coefficient (Wildman–Crippen LogP) is 2.18. The molecule has 0 saturated heterocycles. The van der Waals surface area contributed by atoms with Crippen molar-refractivity contribution in [2.75, 3.05) is 0 Å². The van der Waals surface area contributed by atoms with E-state index in [4.69, 9.17) is 0 Å². The van der Waals surface area contributed by atoms with Crippen LogP contribution in [-0.4, -0.2) is 0 Å². The molecule has 1 aromatic rings. The van der Waals surface area contributed by atoms with E-state index >= 15 is 0 Å². The minimum absolute atomic E-state index is 1.16. The smallest absolute Gasteiger partial charge is 0.0181 e. The van der Waals surface area contributed by atoms with E-state index in [1.165, 1.54) is 24.0 Å². The van der Waals surface area contributed by atoms with E-state index in [1.54, 1.807) is 0 Å². The molecule has 0 N–H and O–H groups in total. The molecule has 2 radical (unpaired) electrons. The van der Waals surface area contributed by atoms with E-state index in [-0.39, 0.29) is 0 Å². The van der Waals surface area contributed by atoms with Gasteiger partial charge in [0.25, 0.3) is 0 Å². The maximum Gasteiger partial charge on any atom is -0.0181 e. The van der Waals surface area contributed by atoms with Crippen LogP contribution in [0.3, 0.4) is 0 Å². The molecule has 0 heterocycles. The fraction of sp³-hybridized carbons (Fsp3) is 0.300. The third-order valence-corrected chi connectivity index (χ3v) is 2.03. The zero-order chi connectivity index (χ0) is 6.81. The van der Waals surface area contributed by atoms with E-state index in [1.807, 2.05) is 6.07 Å². The number of aryl methyl sites for hydroxylation is 1. The van der Waals surface area contributed by atoms with Crippen molar-refractivity contribution in [3.05, 3.63) is 41.8 Å². The molecule has 1 aliphatic rings. The van der Waals surface area contributed by atoms with Gasteiger partial charge in [-0.3, -0.25) is 0 Å². The summed E-state index contributed by atoms with van der Waals surface area (Å²) in [5, 5.41) is 0. The van der Waals surface area contributed by atoms with E-state index < -0.39 is 0 Å². The lowest BCUT2D eigenvalue weighted by Gasteiger charge is -2.13. The second-order valence-corrected chi connectivity index (χ2v) is 2.73. The van der Waals surface area contributed by atoms with Gasteiger partial charge in [-0.1, -0.05) is 18.2 Å². The second kappa shape index (κ2) is 2.45. The van der Waals surface area contributed by atoms with Crippen LogP contribution in [0.4, 0.5) is 0 Å². The molecule has 50 valence electrons. The molecule has 0 unspecified atom stereocenters. The molecule has 0 amide bonds. The van der Waals surface area contributed by atoms with Crippen LogP contribution in [0, 0.1) is 12.5 Å². The van der Waals surface area contributed by atoms with Gasteiger partial charge in [0.1, 0.15) is 0 Å². The largest absolute Gasteiger partial charge is 0.0581 e. The fourth-order valence-corrected chi connectivity index (χ4v) is 1.44. The summed E-state index contributed by atoms with van der Waals surface area (Å²) in [4.78, 5) is 0. The first-order chi connectivity index (χ1) is 4.97. The summed E-state index contributed by atoms with van der Waals surface area (Å²) in [5.41, 5.74) is 2.98. The highest BCUT2D eigenvalue weighted by Crippen LogP contribution is 2.18. The second-order valence-electron chi connectivity index (χ2n) is 2.73. The Morgan fingerprint density at radius 3 is 3.20 bits per heavy atom. The van der Waals surface area contributed by atoms with Gasteiger partial charge in [0.15, 0.2) is 0 Å². The van der Waals surface area contributed by atoms with Gasteiger partial charge in [0.2, 0.25) is 0 Å². The SMILES string of the molecule is [c]1ccc2c(c1)CC[CH]C2. The van der Waals surface area contributed by atoms with Crippen LogP contribution in [-0.2, 0) is 12.8 Å². The molecule has 0 nitrogen and oxygen atoms in total. The van der Waals surface area contributed by atoms with Crippen molar-refractivity contribution in [3.8, 4) is 0 Å². The first-order valence-electron chi connectivity index (χ1n) is 3.76. The maximum atomic E-state index is 3.11. The highest BCUT2D eigenvalue weighted by molar-refractivity contribution is 5.30. The Hall–Kier alpha value is -0.780. The molecule has 0 aliphatic heterocycles. The molecule has 0 atom stereocenters. The van der Waals surface area contributed by atoms with Crippen LogP contribution >= 0.6 is 0 Å². The van der Waals surface area contributed by atoms with Gasteiger partial charge >= 0.3 is 0 Å². The molecule has 0 spiro atoms.